The Labute approximate surface area is 126 Å². The third-order valence-electron chi connectivity index (χ3n) is 3.85. The lowest BCUT2D eigenvalue weighted by molar-refractivity contribution is -0.122. The SMILES string of the molecule is CC(C)CC(=O)NCC(c1ccsc1)N1CCCCC1. The summed E-state index contributed by atoms with van der Waals surface area (Å²) in [5.74, 6) is 0.599. The van der Waals surface area contributed by atoms with Crippen LogP contribution >= 0.6 is 11.3 Å². The number of carbonyl (C=O) groups is 1. The minimum atomic E-state index is 0.178. The Hall–Kier alpha value is -0.870. The van der Waals surface area contributed by atoms with Gasteiger partial charge in [0.25, 0.3) is 0 Å². The van der Waals surface area contributed by atoms with E-state index < -0.39 is 0 Å². The zero-order valence-electron chi connectivity index (χ0n) is 12.6. The number of thiophene rings is 1. The molecule has 20 heavy (non-hydrogen) atoms. The van der Waals surface area contributed by atoms with Crippen molar-refractivity contribution >= 4 is 17.2 Å². The van der Waals surface area contributed by atoms with Crippen molar-refractivity contribution in [3.63, 3.8) is 0 Å². The van der Waals surface area contributed by atoms with Crippen LogP contribution in [0.2, 0.25) is 0 Å². The van der Waals surface area contributed by atoms with E-state index in [-0.39, 0.29) is 5.91 Å². The van der Waals surface area contributed by atoms with Crippen molar-refractivity contribution < 1.29 is 4.79 Å². The highest BCUT2D eigenvalue weighted by Crippen LogP contribution is 2.25. The summed E-state index contributed by atoms with van der Waals surface area (Å²) in [7, 11) is 0. The maximum atomic E-state index is 11.9. The Bertz CT molecular complexity index is 397. The minimum absolute atomic E-state index is 0.178. The van der Waals surface area contributed by atoms with Crippen molar-refractivity contribution in [3.05, 3.63) is 22.4 Å². The van der Waals surface area contributed by atoms with Crippen molar-refractivity contribution in [2.24, 2.45) is 5.92 Å². The Balaban J connectivity index is 1.94. The minimum Gasteiger partial charge on any atom is -0.354 e. The quantitative estimate of drug-likeness (QED) is 0.871. The van der Waals surface area contributed by atoms with Crippen LogP contribution in [-0.2, 0) is 4.79 Å². The van der Waals surface area contributed by atoms with Crippen LogP contribution in [-0.4, -0.2) is 30.4 Å². The molecule has 1 aromatic rings. The van der Waals surface area contributed by atoms with E-state index in [1.54, 1.807) is 11.3 Å². The van der Waals surface area contributed by atoms with Gasteiger partial charge in [0.1, 0.15) is 0 Å². The average Bonchev–Trinajstić information content (AvgIpc) is 2.93. The zero-order valence-corrected chi connectivity index (χ0v) is 13.4. The number of nitrogens with one attached hydrogen (secondary N) is 1. The molecule has 1 saturated heterocycles. The molecule has 3 nitrogen and oxygen atoms in total. The fourth-order valence-electron chi connectivity index (χ4n) is 2.81. The van der Waals surface area contributed by atoms with E-state index in [2.05, 4.69) is 40.9 Å². The Morgan fingerprint density at radius 3 is 2.70 bits per heavy atom. The Morgan fingerprint density at radius 1 is 1.35 bits per heavy atom. The molecule has 1 fully saturated rings. The molecular formula is C16H26N2OS. The van der Waals surface area contributed by atoms with Crippen molar-refractivity contribution in [1.29, 1.82) is 0 Å². The number of hydrogen-bond donors (Lipinski definition) is 1. The van der Waals surface area contributed by atoms with Crippen LogP contribution < -0.4 is 5.32 Å². The van der Waals surface area contributed by atoms with E-state index in [0.717, 1.165) is 19.6 Å². The predicted molar refractivity (Wildman–Crippen MR) is 84.9 cm³/mol. The summed E-state index contributed by atoms with van der Waals surface area (Å²) in [6, 6.07) is 2.54. The highest BCUT2D eigenvalue weighted by molar-refractivity contribution is 7.07. The molecule has 2 heterocycles. The highest BCUT2D eigenvalue weighted by Gasteiger charge is 2.23. The number of hydrogen-bond acceptors (Lipinski definition) is 3. The lowest BCUT2D eigenvalue weighted by Crippen LogP contribution is -2.40. The molecule has 0 radical (unpaired) electrons. The first-order valence-electron chi connectivity index (χ1n) is 7.69. The standard InChI is InChI=1S/C16H26N2OS/c1-13(2)10-16(19)17-11-15(14-6-9-20-12-14)18-7-4-3-5-8-18/h6,9,12-13,15H,3-5,7-8,10-11H2,1-2H3,(H,17,19). The second-order valence-corrected chi connectivity index (χ2v) is 6.85. The highest BCUT2D eigenvalue weighted by atomic mass is 32.1. The summed E-state index contributed by atoms with van der Waals surface area (Å²) in [5, 5.41) is 7.47. The molecule has 1 amide bonds. The summed E-state index contributed by atoms with van der Waals surface area (Å²) < 4.78 is 0. The lowest BCUT2D eigenvalue weighted by atomic mass is 10.0. The van der Waals surface area contributed by atoms with Gasteiger partial charge in [-0.2, -0.15) is 11.3 Å². The lowest BCUT2D eigenvalue weighted by Gasteiger charge is -2.34. The Morgan fingerprint density at radius 2 is 2.10 bits per heavy atom. The van der Waals surface area contributed by atoms with Crippen LogP contribution in [0.25, 0.3) is 0 Å². The normalized spacial score (nSPS) is 18.1. The van der Waals surface area contributed by atoms with Crippen molar-refractivity contribution in [2.75, 3.05) is 19.6 Å². The fraction of sp³-hybridized carbons (Fsp3) is 0.688. The summed E-state index contributed by atoms with van der Waals surface area (Å²) in [5.41, 5.74) is 1.35. The first-order chi connectivity index (χ1) is 9.66. The monoisotopic (exact) mass is 294 g/mol. The topological polar surface area (TPSA) is 32.3 Å². The number of likely N-dealkylation sites (tertiary alicyclic amines) is 1. The molecule has 0 aromatic carbocycles. The smallest absolute Gasteiger partial charge is 0.220 e. The molecule has 1 unspecified atom stereocenters. The molecule has 2 rings (SSSR count). The maximum Gasteiger partial charge on any atom is 0.220 e. The van der Waals surface area contributed by atoms with Gasteiger partial charge < -0.3 is 5.32 Å². The van der Waals surface area contributed by atoms with Gasteiger partial charge >= 0.3 is 0 Å². The summed E-state index contributed by atoms with van der Waals surface area (Å²) in [4.78, 5) is 14.4. The molecule has 112 valence electrons. The molecule has 0 saturated carbocycles. The number of carbonyl (C=O) groups excluding carboxylic acids is 1. The number of nitrogens with zero attached hydrogens (tertiary/aromatic N) is 1. The van der Waals surface area contributed by atoms with E-state index >= 15 is 0 Å². The van der Waals surface area contributed by atoms with Gasteiger partial charge in [-0.15, -0.1) is 0 Å². The van der Waals surface area contributed by atoms with Gasteiger partial charge in [0.15, 0.2) is 0 Å². The van der Waals surface area contributed by atoms with Gasteiger partial charge in [-0.05, 0) is 54.2 Å². The molecule has 4 heteroatoms. The van der Waals surface area contributed by atoms with Gasteiger partial charge in [0, 0.05) is 13.0 Å². The first kappa shape index (κ1) is 15.5. The predicted octanol–water partition coefficient (Wildman–Crippen LogP) is 3.44. The van der Waals surface area contributed by atoms with E-state index in [0.29, 0.717) is 18.4 Å². The van der Waals surface area contributed by atoms with Crippen LogP contribution in [0.1, 0.15) is 51.1 Å². The van der Waals surface area contributed by atoms with Gasteiger partial charge in [-0.3, -0.25) is 9.69 Å². The summed E-state index contributed by atoms with van der Waals surface area (Å²) in [6.45, 7) is 7.21. The second-order valence-electron chi connectivity index (χ2n) is 6.07. The second kappa shape index (κ2) is 7.79. The van der Waals surface area contributed by atoms with Crippen LogP contribution in [0.5, 0.6) is 0 Å². The number of piperidine rings is 1. The molecule has 1 aliphatic heterocycles. The fourth-order valence-corrected chi connectivity index (χ4v) is 3.51. The van der Waals surface area contributed by atoms with Gasteiger partial charge in [0.05, 0.1) is 6.04 Å². The molecular weight excluding hydrogens is 268 g/mol. The van der Waals surface area contributed by atoms with Gasteiger partial charge in [0.2, 0.25) is 5.91 Å². The number of rotatable bonds is 6. The molecule has 0 aliphatic carbocycles. The average molecular weight is 294 g/mol. The van der Waals surface area contributed by atoms with E-state index in [1.807, 2.05) is 0 Å². The molecule has 0 bridgehead atoms. The van der Waals surface area contributed by atoms with Crippen molar-refractivity contribution in [3.8, 4) is 0 Å². The third-order valence-corrected chi connectivity index (χ3v) is 4.55. The maximum absolute atomic E-state index is 11.9. The van der Waals surface area contributed by atoms with Crippen LogP contribution in [0.4, 0.5) is 0 Å². The van der Waals surface area contributed by atoms with Crippen LogP contribution in [0.3, 0.4) is 0 Å². The first-order valence-corrected chi connectivity index (χ1v) is 8.64. The third kappa shape index (κ3) is 4.60. The van der Waals surface area contributed by atoms with Gasteiger partial charge in [-0.25, -0.2) is 0 Å². The van der Waals surface area contributed by atoms with E-state index in [4.69, 9.17) is 0 Å². The number of amides is 1. The molecule has 1 aromatic heterocycles. The van der Waals surface area contributed by atoms with Gasteiger partial charge in [-0.1, -0.05) is 20.3 Å². The molecule has 1 atom stereocenters. The van der Waals surface area contributed by atoms with Crippen LogP contribution in [0, 0.1) is 5.92 Å². The molecule has 1 N–H and O–H groups in total. The largest absolute Gasteiger partial charge is 0.354 e. The van der Waals surface area contributed by atoms with Crippen molar-refractivity contribution in [2.45, 2.75) is 45.6 Å². The zero-order chi connectivity index (χ0) is 14.4. The Kier molecular flexibility index (Phi) is 6.05. The summed E-state index contributed by atoms with van der Waals surface area (Å²) in [6.07, 6.45) is 4.52. The van der Waals surface area contributed by atoms with Crippen LogP contribution in [0.15, 0.2) is 16.8 Å². The van der Waals surface area contributed by atoms with E-state index in [1.165, 1.54) is 24.8 Å². The molecule has 1 aliphatic rings. The van der Waals surface area contributed by atoms with Crippen molar-refractivity contribution in [1.82, 2.24) is 10.2 Å². The summed E-state index contributed by atoms with van der Waals surface area (Å²) >= 11 is 1.74. The van der Waals surface area contributed by atoms with E-state index in [9.17, 15) is 4.79 Å². The molecule has 0 spiro atoms.